The number of aromatic nitrogens is 3. The van der Waals surface area contributed by atoms with Crippen molar-refractivity contribution in [2.24, 2.45) is 0 Å². The van der Waals surface area contributed by atoms with E-state index < -0.39 is 0 Å². The van der Waals surface area contributed by atoms with E-state index in [0.29, 0.717) is 5.92 Å². The summed E-state index contributed by atoms with van der Waals surface area (Å²) in [5, 5.41) is 4.51. The first kappa shape index (κ1) is 12.6. The van der Waals surface area contributed by atoms with Crippen molar-refractivity contribution >= 4 is 21.6 Å². The molecule has 0 aromatic carbocycles. The Morgan fingerprint density at radius 2 is 2.12 bits per heavy atom. The molecule has 2 aromatic rings. The van der Waals surface area contributed by atoms with Gasteiger partial charge in [0.1, 0.15) is 4.60 Å². The van der Waals surface area contributed by atoms with Crippen LogP contribution in [0.5, 0.6) is 0 Å². The summed E-state index contributed by atoms with van der Waals surface area (Å²) in [6.07, 6.45) is 3.28. The van der Waals surface area contributed by atoms with E-state index in [1.54, 1.807) is 0 Å². The Morgan fingerprint density at radius 3 is 2.76 bits per heavy atom. The van der Waals surface area contributed by atoms with E-state index in [1.807, 2.05) is 4.52 Å². The minimum absolute atomic E-state index is 0.507. The lowest BCUT2D eigenvalue weighted by Gasteiger charge is -2.06. The molecule has 0 aliphatic heterocycles. The Morgan fingerprint density at radius 1 is 1.35 bits per heavy atom. The predicted molar refractivity (Wildman–Crippen MR) is 73.4 cm³/mol. The minimum atomic E-state index is 0.507. The summed E-state index contributed by atoms with van der Waals surface area (Å²) in [7, 11) is 0. The van der Waals surface area contributed by atoms with E-state index in [-0.39, 0.29) is 0 Å². The Kier molecular flexibility index (Phi) is 3.82. The highest BCUT2D eigenvalue weighted by Gasteiger charge is 2.09. The monoisotopic (exact) mass is 295 g/mol. The second-order valence-corrected chi connectivity index (χ2v) is 5.48. The Balaban J connectivity index is 2.42. The molecule has 0 bridgehead atoms. The second kappa shape index (κ2) is 5.17. The van der Waals surface area contributed by atoms with E-state index in [9.17, 15) is 0 Å². The van der Waals surface area contributed by atoms with Crippen LogP contribution in [-0.2, 0) is 6.42 Å². The van der Waals surface area contributed by atoms with Gasteiger partial charge in [0, 0.05) is 6.42 Å². The SMILES string of the molecule is CCCCc1nc2cc(C(C)C)cc(Br)n2n1. The molecule has 2 rings (SSSR count). The lowest BCUT2D eigenvalue weighted by molar-refractivity contribution is 0.745. The summed E-state index contributed by atoms with van der Waals surface area (Å²) in [5.74, 6) is 1.44. The van der Waals surface area contributed by atoms with Crippen LogP contribution >= 0.6 is 15.9 Å². The molecule has 0 amide bonds. The maximum atomic E-state index is 4.58. The fourth-order valence-corrected chi connectivity index (χ4v) is 2.31. The quantitative estimate of drug-likeness (QED) is 0.799. The Labute approximate surface area is 110 Å². The zero-order chi connectivity index (χ0) is 12.4. The molecule has 0 saturated carbocycles. The Bertz CT molecular complexity index is 517. The number of fused-ring (bicyclic) bond motifs is 1. The molecule has 0 N–H and O–H groups in total. The molecule has 0 atom stereocenters. The van der Waals surface area contributed by atoms with E-state index in [4.69, 9.17) is 0 Å². The largest absolute Gasteiger partial charge is 0.212 e. The first-order valence-corrected chi connectivity index (χ1v) is 6.96. The van der Waals surface area contributed by atoms with E-state index in [1.165, 1.54) is 12.0 Å². The first-order chi connectivity index (χ1) is 8.11. The molecule has 92 valence electrons. The van der Waals surface area contributed by atoms with Crippen LogP contribution in [0.1, 0.15) is 50.9 Å². The van der Waals surface area contributed by atoms with Crippen molar-refractivity contribution in [3.8, 4) is 0 Å². The zero-order valence-electron chi connectivity index (χ0n) is 10.6. The summed E-state index contributed by atoms with van der Waals surface area (Å²) in [6.45, 7) is 6.56. The Hall–Kier alpha value is -0.900. The van der Waals surface area contributed by atoms with Gasteiger partial charge in [-0.1, -0.05) is 27.2 Å². The normalized spacial score (nSPS) is 11.6. The van der Waals surface area contributed by atoms with Gasteiger partial charge in [0.05, 0.1) is 0 Å². The van der Waals surface area contributed by atoms with Gasteiger partial charge in [-0.2, -0.15) is 5.10 Å². The maximum absolute atomic E-state index is 4.58. The average molecular weight is 296 g/mol. The standard InChI is InChI=1S/C13H18BrN3/c1-4-5-6-12-15-13-8-10(9(2)3)7-11(14)17(13)16-12/h7-9H,4-6H2,1-3H3. The smallest absolute Gasteiger partial charge is 0.157 e. The molecular formula is C13H18BrN3. The van der Waals surface area contributed by atoms with E-state index in [0.717, 1.165) is 28.9 Å². The number of nitrogens with zero attached hydrogens (tertiary/aromatic N) is 3. The number of hydrogen-bond acceptors (Lipinski definition) is 2. The van der Waals surface area contributed by atoms with Crippen molar-refractivity contribution in [3.05, 3.63) is 28.1 Å². The van der Waals surface area contributed by atoms with Gasteiger partial charge >= 0.3 is 0 Å². The van der Waals surface area contributed by atoms with E-state index >= 15 is 0 Å². The number of hydrogen-bond donors (Lipinski definition) is 0. The van der Waals surface area contributed by atoms with Gasteiger partial charge in [-0.05, 0) is 46.0 Å². The first-order valence-electron chi connectivity index (χ1n) is 6.17. The summed E-state index contributed by atoms with van der Waals surface area (Å²) in [6, 6.07) is 4.24. The number of rotatable bonds is 4. The second-order valence-electron chi connectivity index (χ2n) is 4.67. The highest BCUT2D eigenvalue weighted by Crippen LogP contribution is 2.21. The molecule has 0 unspecified atom stereocenters. The van der Waals surface area contributed by atoms with Crippen LogP contribution in [0.25, 0.3) is 5.65 Å². The van der Waals surface area contributed by atoms with Crippen molar-refractivity contribution in [1.82, 2.24) is 14.6 Å². The van der Waals surface area contributed by atoms with Crippen molar-refractivity contribution in [1.29, 1.82) is 0 Å². The summed E-state index contributed by atoms with van der Waals surface area (Å²) in [4.78, 5) is 4.58. The summed E-state index contributed by atoms with van der Waals surface area (Å²) < 4.78 is 2.85. The van der Waals surface area contributed by atoms with Crippen LogP contribution < -0.4 is 0 Å². The molecular weight excluding hydrogens is 278 g/mol. The average Bonchev–Trinajstić information content (AvgIpc) is 2.69. The number of halogens is 1. The van der Waals surface area contributed by atoms with Gasteiger partial charge < -0.3 is 0 Å². The fraction of sp³-hybridized carbons (Fsp3) is 0.538. The number of pyridine rings is 1. The number of unbranched alkanes of at least 4 members (excludes halogenated alkanes) is 1. The zero-order valence-corrected chi connectivity index (χ0v) is 12.2. The lowest BCUT2D eigenvalue weighted by Crippen LogP contribution is -1.95. The number of aryl methyl sites for hydroxylation is 1. The molecule has 2 heterocycles. The molecule has 17 heavy (non-hydrogen) atoms. The summed E-state index contributed by atoms with van der Waals surface area (Å²) in [5.41, 5.74) is 2.23. The van der Waals surface area contributed by atoms with E-state index in [2.05, 4.69) is 58.9 Å². The third-order valence-corrected chi connectivity index (χ3v) is 3.45. The highest BCUT2D eigenvalue weighted by atomic mass is 79.9. The third-order valence-electron chi connectivity index (χ3n) is 2.88. The fourth-order valence-electron chi connectivity index (χ4n) is 1.78. The van der Waals surface area contributed by atoms with Gasteiger partial charge in [0.2, 0.25) is 0 Å². The van der Waals surface area contributed by atoms with Crippen LogP contribution in [0.3, 0.4) is 0 Å². The maximum Gasteiger partial charge on any atom is 0.157 e. The van der Waals surface area contributed by atoms with Gasteiger partial charge in [-0.15, -0.1) is 0 Å². The van der Waals surface area contributed by atoms with Gasteiger partial charge in [0.25, 0.3) is 0 Å². The highest BCUT2D eigenvalue weighted by molar-refractivity contribution is 9.10. The molecule has 0 spiro atoms. The van der Waals surface area contributed by atoms with Gasteiger partial charge in [-0.25, -0.2) is 9.50 Å². The molecule has 0 fully saturated rings. The van der Waals surface area contributed by atoms with Crippen molar-refractivity contribution in [2.45, 2.75) is 46.0 Å². The molecule has 0 aliphatic carbocycles. The van der Waals surface area contributed by atoms with Crippen LogP contribution in [0.2, 0.25) is 0 Å². The topological polar surface area (TPSA) is 30.2 Å². The van der Waals surface area contributed by atoms with Crippen LogP contribution in [-0.4, -0.2) is 14.6 Å². The molecule has 0 aliphatic rings. The minimum Gasteiger partial charge on any atom is -0.212 e. The van der Waals surface area contributed by atoms with Gasteiger partial charge in [-0.3, -0.25) is 0 Å². The van der Waals surface area contributed by atoms with Gasteiger partial charge in [0.15, 0.2) is 11.5 Å². The summed E-state index contributed by atoms with van der Waals surface area (Å²) >= 11 is 3.56. The lowest BCUT2D eigenvalue weighted by atomic mass is 10.1. The van der Waals surface area contributed by atoms with Crippen LogP contribution in [0.4, 0.5) is 0 Å². The third kappa shape index (κ3) is 2.68. The molecule has 4 heteroatoms. The molecule has 3 nitrogen and oxygen atoms in total. The molecule has 2 aromatic heterocycles. The molecule has 0 radical (unpaired) electrons. The van der Waals surface area contributed by atoms with Crippen LogP contribution in [0.15, 0.2) is 16.7 Å². The van der Waals surface area contributed by atoms with Crippen LogP contribution in [0, 0.1) is 0 Å². The van der Waals surface area contributed by atoms with Crippen molar-refractivity contribution in [3.63, 3.8) is 0 Å². The van der Waals surface area contributed by atoms with Crippen molar-refractivity contribution < 1.29 is 0 Å². The predicted octanol–water partition coefficient (Wildman–Crippen LogP) is 3.96. The van der Waals surface area contributed by atoms with Crippen molar-refractivity contribution in [2.75, 3.05) is 0 Å². The molecule has 0 saturated heterocycles.